The van der Waals surface area contributed by atoms with Gasteiger partial charge in [0.2, 0.25) is 0 Å². The van der Waals surface area contributed by atoms with Crippen molar-refractivity contribution >= 4 is 5.69 Å². The van der Waals surface area contributed by atoms with E-state index in [1.54, 1.807) is 0 Å². The second-order valence-corrected chi connectivity index (χ2v) is 5.19. The van der Waals surface area contributed by atoms with Crippen LogP contribution in [0.5, 0.6) is 0 Å². The van der Waals surface area contributed by atoms with Crippen molar-refractivity contribution in [2.24, 2.45) is 0 Å². The molecule has 1 aromatic heterocycles. The van der Waals surface area contributed by atoms with Gasteiger partial charge in [0.25, 0.3) is 0 Å². The molecule has 0 atom stereocenters. The number of hydrogen-bond donors (Lipinski definition) is 1. The van der Waals surface area contributed by atoms with Gasteiger partial charge in [0.1, 0.15) is 0 Å². The third kappa shape index (κ3) is 2.97. The number of anilines is 1. The predicted octanol–water partition coefficient (Wildman–Crippen LogP) is 4.10. The van der Waals surface area contributed by atoms with Gasteiger partial charge in [0.15, 0.2) is 0 Å². The molecule has 2 aromatic carbocycles. The molecule has 0 aliphatic heterocycles. The maximum atomic E-state index is 4.60. The third-order valence-electron chi connectivity index (χ3n) is 3.73. The first-order valence-corrected chi connectivity index (χ1v) is 7.14. The fourth-order valence-electron chi connectivity index (χ4n) is 2.31. The summed E-state index contributed by atoms with van der Waals surface area (Å²) >= 11 is 0. The normalized spacial score (nSPS) is 10.6. The summed E-state index contributed by atoms with van der Waals surface area (Å²) in [7, 11) is 0. The lowest BCUT2D eigenvalue weighted by Crippen LogP contribution is -2.03. The standard InChI is InChI=1S/C18H19N3/c1-14-7-6-10-18(15(14)2)19-13-16-11-12-21(20-16)17-8-4-3-5-9-17/h3-12,19H,13H2,1-2H3. The minimum atomic E-state index is 0.726. The van der Waals surface area contributed by atoms with Gasteiger partial charge in [-0.25, -0.2) is 4.68 Å². The molecule has 0 unspecified atom stereocenters. The van der Waals surface area contributed by atoms with Crippen molar-refractivity contribution in [1.82, 2.24) is 9.78 Å². The monoisotopic (exact) mass is 277 g/mol. The summed E-state index contributed by atoms with van der Waals surface area (Å²) in [6.07, 6.45) is 2.00. The van der Waals surface area contributed by atoms with Crippen LogP contribution in [0.15, 0.2) is 60.8 Å². The van der Waals surface area contributed by atoms with E-state index in [0.717, 1.165) is 17.9 Å². The third-order valence-corrected chi connectivity index (χ3v) is 3.73. The summed E-state index contributed by atoms with van der Waals surface area (Å²) in [6, 6.07) is 18.5. The molecule has 0 saturated carbocycles. The molecular formula is C18H19N3. The van der Waals surface area contributed by atoms with Crippen molar-refractivity contribution in [3.8, 4) is 5.69 Å². The van der Waals surface area contributed by atoms with Crippen LogP contribution < -0.4 is 5.32 Å². The Balaban J connectivity index is 1.72. The Hall–Kier alpha value is -2.55. The molecule has 106 valence electrons. The Morgan fingerprint density at radius 1 is 0.952 bits per heavy atom. The predicted molar refractivity (Wildman–Crippen MR) is 86.8 cm³/mol. The Morgan fingerprint density at radius 3 is 2.57 bits per heavy atom. The van der Waals surface area contributed by atoms with Gasteiger partial charge < -0.3 is 5.32 Å². The molecule has 0 amide bonds. The van der Waals surface area contributed by atoms with Gasteiger partial charge in [-0.15, -0.1) is 0 Å². The van der Waals surface area contributed by atoms with Crippen molar-refractivity contribution in [2.75, 3.05) is 5.32 Å². The molecule has 0 saturated heterocycles. The van der Waals surface area contributed by atoms with Gasteiger partial charge in [0, 0.05) is 11.9 Å². The average molecular weight is 277 g/mol. The van der Waals surface area contributed by atoms with Crippen LogP contribution >= 0.6 is 0 Å². The second kappa shape index (κ2) is 5.83. The topological polar surface area (TPSA) is 29.9 Å². The number of aromatic nitrogens is 2. The Morgan fingerprint density at radius 2 is 1.76 bits per heavy atom. The number of nitrogens with zero attached hydrogens (tertiary/aromatic N) is 2. The number of aryl methyl sites for hydroxylation is 1. The first-order chi connectivity index (χ1) is 10.2. The van der Waals surface area contributed by atoms with E-state index in [4.69, 9.17) is 0 Å². The molecule has 0 fully saturated rings. The largest absolute Gasteiger partial charge is 0.379 e. The quantitative estimate of drug-likeness (QED) is 0.778. The number of nitrogens with one attached hydrogen (secondary N) is 1. The van der Waals surface area contributed by atoms with Gasteiger partial charge in [-0.05, 0) is 49.2 Å². The van der Waals surface area contributed by atoms with Crippen molar-refractivity contribution in [3.63, 3.8) is 0 Å². The van der Waals surface area contributed by atoms with Gasteiger partial charge in [0.05, 0.1) is 17.9 Å². The summed E-state index contributed by atoms with van der Waals surface area (Å²) in [4.78, 5) is 0. The lowest BCUT2D eigenvalue weighted by molar-refractivity contribution is 0.843. The highest BCUT2D eigenvalue weighted by Gasteiger charge is 2.03. The molecule has 0 bridgehead atoms. The van der Waals surface area contributed by atoms with Crippen LogP contribution in [-0.4, -0.2) is 9.78 Å². The van der Waals surface area contributed by atoms with Crippen molar-refractivity contribution in [1.29, 1.82) is 0 Å². The number of benzene rings is 2. The molecule has 0 spiro atoms. The minimum absolute atomic E-state index is 0.726. The number of rotatable bonds is 4. The van der Waals surface area contributed by atoms with Gasteiger partial charge in [-0.3, -0.25) is 0 Å². The fraction of sp³-hybridized carbons (Fsp3) is 0.167. The van der Waals surface area contributed by atoms with E-state index in [0.29, 0.717) is 0 Å². The second-order valence-electron chi connectivity index (χ2n) is 5.19. The van der Waals surface area contributed by atoms with E-state index in [9.17, 15) is 0 Å². The van der Waals surface area contributed by atoms with E-state index in [2.05, 4.69) is 54.6 Å². The average Bonchev–Trinajstić information content (AvgIpc) is 2.99. The van der Waals surface area contributed by atoms with Crippen LogP contribution in [0.3, 0.4) is 0 Å². The van der Waals surface area contributed by atoms with Crippen molar-refractivity contribution in [3.05, 3.63) is 77.6 Å². The molecule has 3 heteroatoms. The maximum absolute atomic E-state index is 4.60. The van der Waals surface area contributed by atoms with Gasteiger partial charge in [-0.2, -0.15) is 5.10 Å². The molecule has 3 aromatic rings. The maximum Gasteiger partial charge on any atom is 0.0819 e. The molecule has 3 rings (SSSR count). The molecule has 1 heterocycles. The lowest BCUT2D eigenvalue weighted by Gasteiger charge is -2.10. The highest BCUT2D eigenvalue weighted by atomic mass is 15.3. The Labute approximate surface area is 125 Å². The molecule has 3 nitrogen and oxygen atoms in total. The summed E-state index contributed by atoms with van der Waals surface area (Å²) in [5.41, 5.74) is 5.87. The van der Waals surface area contributed by atoms with Gasteiger partial charge >= 0.3 is 0 Å². The molecule has 0 radical (unpaired) electrons. The van der Waals surface area contributed by atoms with Crippen LogP contribution in [0.1, 0.15) is 16.8 Å². The molecule has 0 aliphatic carbocycles. The SMILES string of the molecule is Cc1cccc(NCc2ccn(-c3ccccc3)n2)c1C. The zero-order valence-corrected chi connectivity index (χ0v) is 12.4. The van der Waals surface area contributed by atoms with E-state index in [-0.39, 0.29) is 0 Å². The summed E-state index contributed by atoms with van der Waals surface area (Å²) < 4.78 is 1.90. The first kappa shape index (κ1) is 13.4. The Kier molecular flexibility index (Phi) is 3.73. The first-order valence-electron chi connectivity index (χ1n) is 7.14. The van der Waals surface area contributed by atoms with Crippen LogP contribution in [-0.2, 0) is 6.54 Å². The van der Waals surface area contributed by atoms with E-state index < -0.39 is 0 Å². The molecule has 1 N–H and O–H groups in total. The summed E-state index contributed by atoms with van der Waals surface area (Å²) in [5, 5.41) is 8.06. The van der Waals surface area contributed by atoms with E-state index in [1.165, 1.54) is 16.8 Å². The van der Waals surface area contributed by atoms with E-state index in [1.807, 2.05) is 35.1 Å². The lowest BCUT2D eigenvalue weighted by atomic mass is 10.1. The number of hydrogen-bond acceptors (Lipinski definition) is 2. The van der Waals surface area contributed by atoms with Crippen molar-refractivity contribution in [2.45, 2.75) is 20.4 Å². The summed E-state index contributed by atoms with van der Waals surface area (Å²) in [5.74, 6) is 0. The zero-order valence-electron chi connectivity index (χ0n) is 12.4. The van der Waals surface area contributed by atoms with Crippen LogP contribution in [0.2, 0.25) is 0 Å². The highest BCUT2D eigenvalue weighted by Crippen LogP contribution is 2.18. The van der Waals surface area contributed by atoms with Crippen LogP contribution in [0.25, 0.3) is 5.69 Å². The van der Waals surface area contributed by atoms with Crippen molar-refractivity contribution < 1.29 is 0 Å². The molecule has 0 aliphatic rings. The Bertz CT molecular complexity index is 729. The summed E-state index contributed by atoms with van der Waals surface area (Å²) in [6.45, 7) is 5.00. The smallest absolute Gasteiger partial charge is 0.0819 e. The zero-order chi connectivity index (χ0) is 14.7. The van der Waals surface area contributed by atoms with Crippen LogP contribution in [0.4, 0.5) is 5.69 Å². The van der Waals surface area contributed by atoms with Crippen LogP contribution in [0, 0.1) is 13.8 Å². The van der Waals surface area contributed by atoms with E-state index >= 15 is 0 Å². The minimum Gasteiger partial charge on any atom is -0.379 e. The fourth-order valence-corrected chi connectivity index (χ4v) is 2.31. The number of para-hydroxylation sites is 1. The highest BCUT2D eigenvalue weighted by molar-refractivity contribution is 5.53. The van der Waals surface area contributed by atoms with Gasteiger partial charge in [-0.1, -0.05) is 30.3 Å². The molecule has 21 heavy (non-hydrogen) atoms. The molecular weight excluding hydrogens is 258 g/mol.